The van der Waals surface area contributed by atoms with Crippen molar-refractivity contribution in [2.75, 3.05) is 0 Å². The molecule has 4 rings (SSSR count). The number of allylic oxidation sites excluding steroid dienone is 20. The molecule has 0 aromatic heterocycles. The number of ketones is 1. The van der Waals surface area contributed by atoms with Gasteiger partial charge in [0.2, 0.25) is 0 Å². The van der Waals surface area contributed by atoms with Crippen molar-refractivity contribution in [1.82, 2.24) is 0 Å². The van der Waals surface area contributed by atoms with E-state index in [0.717, 1.165) is 74.4 Å². The topological polar surface area (TPSA) is 17.1 Å². The Morgan fingerprint density at radius 3 is 2.54 bits per heavy atom. The van der Waals surface area contributed by atoms with Gasteiger partial charge in [-0.25, -0.2) is 0 Å². The fourth-order valence-corrected chi connectivity index (χ4v) is 5.44. The fraction of sp³-hybridized carbons (Fsp3) is 0.371. The van der Waals surface area contributed by atoms with Crippen molar-refractivity contribution >= 4 is 18.7 Å². The molecule has 1 nitrogen and oxygen atoms in total. The summed E-state index contributed by atoms with van der Waals surface area (Å²) in [7, 11) is 4.41. The van der Waals surface area contributed by atoms with Gasteiger partial charge in [0.05, 0.1) is 0 Å². The average Bonchev–Trinajstić information content (AvgIpc) is 2.96. The van der Waals surface area contributed by atoms with Crippen molar-refractivity contribution < 1.29 is 4.79 Å². The van der Waals surface area contributed by atoms with Gasteiger partial charge in [0.1, 0.15) is 0 Å². The van der Waals surface area contributed by atoms with Crippen LogP contribution in [0.4, 0.5) is 0 Å². The Morgan fingerprint density at radius 1 is 1.00 bits per heavy atom. The van der Waals surface area contributed by atoms with Crippen LogP contribution in [0.3, 0.4) is 0 Å². The van der Waals surface area contributed by atoms with Crippen LogP contribution in [0.1, 0.15) is 71.1 Å². The van der Waals surface area contributed by atoms with Crippen molar-refractivity contribution in [3.8, 4) is 0 Å². The minimum absolute atomic E-state index is 0.161. The standard InChI is InChI=1S/C35H41BO/c1-2-30(21-18-27-12-6-3-7-13-27)31-24-32(34(36)22-19-28-14-8-4-9-15-28)26-33(25-31)35(37)23-20-29-16-10-5-11-17-29/h2,4,6,8,10,12-13,16-17,19-20,22-24,26,28,33,36H,3,5,7,9,11,14-15,18,21,25H2,1H3/b22-19+,23-20+,30-2?. The molecule has 2 unspecified atom stereocenters. The van der Waals surface area contributed by atoms with Crippen LogP contribution < -0.4 is 0 Å². The molecule has 0 saturated heterocycles. The molecule has 0 bridgehead atoms. The van der Waals surface area contributed by atoms with E-state index in [1.807, 2.05) is 6.08 Å². The molecule has 0 aliphatic heterocycles. The van der Waals surface area contributed by atoms with Crippen molar-refractivity contribution in [2.24, 2.45) is 11.8 Å². The number of hydrogen-bond acceptors (Lipinski definition) is 1. The SMILES string of the molecule is B=C(/C=C/C1CC=CCC1)C1=CC(C(=O)/C=C/C2=CCCC=C2)CC(C(=CC)CCC2=CCCC=C2)=C1. The zero-order valence-electron chi connectivity index (χ0n) is 22.5. The van der Waals surface area contributed by atoms with Crippen LogP contribution in [0.15, 0.2) is 119 Å². The van der Waals surface area contributed by atoms with E-state index >= 15 is 0 Å². The third kappa shape index (κ3) is 8.25. The number of rotatable bonds is 10. The van der Waals surface area contributed by atoms with Crippen molar-refractivity contribution in [1.29, 1.82) is 0 Å². The second kappa shape index (κ2) is 14.1. The molecule has 4 aliphatic carbocycles. The van der Waals surface area contributed by atoms with Crippen LogP contribution in [0.5, 0.6) is 0 Å². The van der Waals surface area contributed by atoms with Crippen molar-refractivity contribution in [3.05, 3.63) is 119 Å². The summed E-state index contributed by atoms with van der Waals surface area (Å²) in [6, 6.07) is 0. The van der Waals surface area contributed by atoms with Gasteiger partial charge in [-0.05, 0) is 0 Å². The first-order chi connectivity index (χ1) is 18.1. The Bertz CT molecular complexity index is 1170. The zero-order valence-corrected chi connectivity index (χ0v) is 22.5. The first-order valence-electron chi connectivity index (χ1n) is 14.2. The van der Waals surface area contributed by atoms with E-state index in [1.54, 1.807) is 6.08 Å². The molecule has 0 amide bonds. The predicted octanol–water partition coefficient (Wildman–Crippen LogP) is 8.25. The predicted molar refractivity (Wildman–Crippen MR) is 162 cm³/mol. The van der Waals surface area contributed by atoms with Gasteiger partial charge in [-0.15, -0.1) is 0 Å². The Labute approximate surface area is 225 Å². The summed E-state index contributed by atoms with van der Waals surface area (Å²) in [5, 5.41) is 0. The van der Waals surface area contributed by atoms with Gasteiger partial charge in [-0.1, -0.05) is 0 Å². The maximum absolute atomic E-state index is 13.4. The second-order valence-corrected chi connectivity index (χ2v) is 10.5. The van der Waals surface area contributed by atoms with Crippen molar-refractivity contribution in [2.45, 2.75) is 71.1 Å². The number of carbonyl (C=O) groups excluding carboxylic acids is 1. The van der Waals surface area contributed by atoms with Crippen LogP contribution >= 0.6 is 0 Å². The molecular weight excluding hydrogens is 447 g/mol. The molecule has 0 spiro atoms. The monoisotopic (exact) mass is 488 g/mol. The molecule has 0 heterocycles. The average molecular weight is 489 g/mol. The van der Waals surface area contributed by atoms with E-state index in [4.69, 9.17) is 0 Å². The molecule has 37 heavy (non-hydrogen) atoms. The molecule has 2 heteroatoms. The number of hydrogen-bond donors (Lipinski definition) is 0. The van der Waals surface area contributed by atoms with Crippen LogP contribution in [-0.4, -0.2) is 18.7 Å². The molecule has 0 aromatic carbocycles. The van der Waals surface area contributed by atoms with Crippen molar-refractivity contribution in [3.63, 3.8) is 0 Å². The molecule has 0 aromatic rings. The maximum atomic E-state index is 13.4. The zero-order chi connectivity index (χ0) is 25.9. The summed E-state index contributed by atoms with van der Waals surface area (Å²) in [5.74, 6) is 0.589. The van der Waals surface area contributed by atoms with Crippen LogP contribution in [0, 0.1) is 11.8 Å². The van der Waals surface area contributed by atoms with E-state index in [1.165, 1.54) is 23.1 Å². The molecule has 4 aliphatic rings. The van der Waals surface area contributed by atoms with E-state index in [2.05, 4.69) is 93.4 Å². The molecule has 2 atom stereocenters. The molecule has 0 saturated carbocycles. The van der Waals surface area contributed by atoms with Gasteiger partial charge in [-0.3, -0.25) is 0 Å². The summed E-state index contributed by atoms with van der Waals surface area (Å²) in [6.45, 7) is 2.13. The quantitative estimate of drug-likeness (QED) is 0.172. The van der Waals surface area contributed by atoms with E-state index < -0.39 is 0 Å². The molecule has 0 radical (unpaired) electrons. The normalized spacial score (nSPS) is 24.2. The minimum atomic E-state index is -0.161. The van der Waals surface area contributed by atoms with Gasteiger partial charge in [0, 0.05) is 0 Å². The van der Waals surface area contributed by atoms with E-state index in [-0.39, 0.29) is 11.7 Å². The second-order valence-electron chi connectivity index (χ2n) is 10.5. The Balaban J connectivity index is 1.52. The van der Waals surface area contributed by atoms with Gasteiger partial charge < -0.3 is 0 Å². The summed E-state index contributed by atoms with van der Waals surface area (Å²) in [6.07, 6.45) is 43.6. The Kier molecular flexibility index (Phi) is 10.3. The van der Waals surface area contributed by atoms with Gasteiger partial charge in [0.25, 0.3) is 0 Å². The molecule has 0 N–H and O–H groups in total. The fourth-order valence-electron chi connectivity index (χ4n) is 5.44. The van der Waals surface area contributed by atoms with Crippen LogP contribution in [0.2, 0.25) is 0 Å². The van der Waals surface area contributed by atoms with Crippen LogP contribution in [0.25, 0.3) is 0 Å². The van der Waals surface area contributed by atoms with E-state index in [9.17, 15) is 4.79 Å². The molecule has 190 valence electrons. The van der Waals surface area contributed by atoms with Gasteiger partial charge in [-0.2, -0.15) is 0 Å². The summed E-state index contributed by atoms with van der Waals surface area (Å²) >= 11 is 0. The summed E-state index contributed by atoms with van der Waals surface area (Å²) in [5.41, 5.74) is 7.27. The Morgan fingerprint density at radius 2 is 1.84 bits per heavy atom. The molecular formula is C35H41BO. The summed E-state index contributed by atoms with van der Waals surface area (Å²) < 4.78 is 0. The van der Waals surface area contributed by atoms with Gasteiger partial charge >= 0.3 is 226 Å². The Hall–Kier alpha value is -3.00. The number of carbonyl (C=O) groups is 1. The third-order valence-electron chi connectivity index (χ3n) is 7.75. The van der Waals surface area contributed by atoms with Gasteiger partial charge in [0.15, 0.2) is 0 Å². The van der Waals surface area contributed by atoms with Crippen LogP contribution in [-0.2, 0) is 4.79 Å². The summed E-state index contributed by atoms with van der Waals surface area (Å²) in [4.78, 5) is 13.4. The first kappa shape index (κ1) is 27.1. The molecule has 0 fully saturated rings. The first-order valence-corrected chi connectivity index (χ1v) is 14.2. The third-order valence-corrected chi connectivity index (χ3v) is 7.75. The van der Waals surface area contributed by atoms with E-state index in [0.29, 0.717) is 5.92 Å².